The van der Waals surface area contributed by atoms with Gasteiger partial charge >= 0.3 is 0 Å². The van der Waals surface area contributed by atoms with Crippen molar-refractivity contribution < 1.29 is 14.9 Å². The molecule has 0 spiro atoms. The van der Waals surface area contributed by atoms with E-state index in [1.54, 1.807) is 0 Å². The van der Waals surface area contributed by atoms with E-state index in [-0.39, 0.29) is 18.1 Å². The Labute approximate surface area is 59.7 Å². The first-order chi connectivity index (χ1) is 4.66. The van der Waals surface area contributed by atoms with Gasteiger partial charge < -0.3 is 20.7 Å². The highest BCUT2D eigenvalue weighted by Gasteiger charge is 2.29. The molecule has 0 aromatic heterocycles. The smallest absolute Gasteiger partial charge is 0.160 e. The van der Waals surface area contributed by atoms with Crippen LogP contribution in [-0.4, -0.2) is 36.7 Å². The third kappa shape index (κ3) is 0.976. The van der Waals surface area contributed by atoms with E-state index in [4.69, 9.17) is 28.5 Å². The summed E-state index contributed by atoms with van der Waals surface area (Å²) in [6.45, 7) is -0.368. The fraction of sp³-hybridized carbons (Fsp3) is 0.600. The first-order valence-electron chi connectivity index (χ1n) is 2.87. The van der Waals surface area contributed by atoms with E-state index in [0.717, 1.165) is 0 Å². The van der Waals surface area contributed by atoms with Gasteiger partial charge in [-0.05, 0) is 0 Å². The Bertz CT molecular complexity index is 170. The van der Waals surface area contributed by atoms with Crippen molar-refractivity contribution in [1.82, 2.24) is 0 Å². The molecular formula is C5H8BNO3. The van der Waals surface area contributed by atoms with Crippen LogP contribution in [0, 0.1) is 0 Å². The highest BCUT2D eigenvalue weighted by atomic mass is 16.5. The molecule has 0 aromatic carbocycles. The average Bonchev–Trinajstić information content (AvgIpc) is 2.17. The molecule has 1 aliphatic rings. The third-order valence-electron chi connectivity index (χ3n) is 1.38. The molecule has 10 heavy (non-hydrogen) atoms. The highest BCUT2D eigenvalue weighted by molar-refractivity contribution is 6.12. The van der Waals surface area contributed by atoms with Crippen molar-refractivity contribution in [2.45, 2.75) is 12.0 Å². The van der Waals surface area contributed by atoms with Gasteiger partial charge in [-0.1, -0.05) is 0 Å². The average molecular weight is 141 g/mol. The molecule has 1 rings (SSSR count). The number of aliphatic hydroxyl groups is 2. The van der Waals surface area contributed by atoms with Crippen LogP contribution in [0.5, 0.6) is 0 Å². The van der Waals surface area contributed by atoms with Gasteiger partial charge in [0.05, 0.1) is 12.0 Å². The maximum absolute atomic E-state index is 9.02. The number of rotatable bonds is 1. The number of hydrogen-bond donors (Lipinski definition) is 3. The van der Waals surface area contributed by atoms with Crippen LogP contribution < -0.4 is 5.73 Å². The largest absolute Gasteiger partial charge is 0.507 e. The second-order valence-corrected chi connectivity index (χ2v) is 2.07. The number of ether oxygens (including phenoxy) is 1. The standard InChI is InChI=1S/C5H8BNO3/c6-5-3(7)4(9)2(1-8)10-5/h3,5,8-9H,1,7H2/t3?,5-/m1/s1. The lowest BCUT2D eigenvalue weighted by Gasteiger charge is -2.08. The topological polar surface area (TPSA) is 75.7 Å². The summed E-state index contributed by atoms with van der Waals surface area (Å²) in [5.74, 6) is -0.0880. The Balaban J connectivity index is 2.73. The van der Waals surface area contributed by atoms with Crippen molar-refractivity contribution in [1.29, 1.82) is 0 Å². The molecule has 1 heterocycles. The lowest BCUT2D eigenvalue weighted by atomic mass is 9.93. The molecule has 1 aliphatic heterocycles. The third-order valence-corrected chi connectivity index (χ3v) is 1.38. The predicted molar refractivity (Wildman–Crippen MR) is 35.3 cm³/mol. The SMILES string of the molecule is [B][C@@H]1OC(CO)=C(O)C1N. The Hall–Kier alpha value is -0.675. The van der Waals surface area contributed by atoms with E-state index in [9.17, 15) is 0 Å². The zero-order chi connectivity index (χ0) is 7.72. The molecule has 0 aromatic rings. The Morgan fingerprint density at radius 1 is 1.70 bits per heavy atom. The van der Waals surface area contributed by atoms with Crippen molar-refractivity contribution in [3.63, 3.8) is 0 Å². The number of nitrogens with two attached hydrogens (primary N) is 1. The lowest BCUT2D eigenvalue weighted by Crippen LogP contribution is -2.33. The van der Waals surface area contributed by atoms with Gasteiger partial charge in [0, 0.05) is 0 Å². The van der Waals surface area contributed by atoms with E-state index in [1.165, 1.54) is 0 Å². The summed E-state index contributed by atoms with van der Waals surface area (Å²) in [5.41, 5.74) is 5.32. The minimum atomic E-state index is -0.734. The van der Waals surface area contributed by atoms with Crippen molar-refractivity contribution in [3.8, 4) is 0 Å². The molecule has 54 valence electrons. The van der Waals surface area contributed by atoms with Gasteiger partial charge in [0.2, 0.25) is 0 Å². The molecule has 0 fully saturated rings. The van der Waals surface area contributed by atoms with E-state index < -0.39 is 12.0 Å². The summed E-state index contributed by atoms with van der Waals surface area (Å²) < 4.78 is 4.77. The van der Waals surface area contributed by atoms with Gasteiger partial charge in [-0.2, -0.15) is 0 Å². The molecule has 4 nitrogen and oxygen atoms in total. The van der Waals surface area contributed by atoms with Crippen LogP contribution in [0.2, 0.25) is 0 Å². The Morgan fingerprint density at radius 2 is 2.30 bits per heavy atom. The molecule has 0 saturated carbocycles. The highest BCUT2D eigenvalue weighted by Crippen LogP contribution is 2.19. The summed E-state index contributed by atoms with van der Waals surface area (Å²) in [6.07, 6.45) is 0. The van der Waals surface area contributed by atoms with Gasteiger partial charge in [0.1, 0.15) is 14.5 Å². The summed E-state index contributed by atoms with van der Waals surface area (Å²) in [4.78, 5) is 0. The molecule has 2 atom stereocenters. The molecular weight excluding hydrogens is 133 g/mol. The van der Waals surface area contributed by atoms with Crippen LogP contribution in [-0.2, 0) is 4.74 Å². The minimum absolute atomic E-state index is 0.0694. The second kappa shape index (κ2) is 2.52. The summed E-state index contributed by atoms with van der Waals surface area (Å²) in [6, 6.07) is -1.44. The van der Waals surface area contributed by atoms with E-state index in [2.05, 4.69) is 0 Å². The quantitative estimate of drug-likeness (QED) is 0.392. The molecule has 0 saturated heterocycles. The van der Waals surface area contributed by atoms with E-state index in [1.807, 2.05) is 0 Å². The molecule has 0 amide bonds. The minimum Gasteiger partial charge on any atom is -0.507 e. The predicted octanol–water partition coefficient (Wildman–Crippen LogP) is -1.40. The monoisotopic (exact) mass is 141 g/mol. The Kier molecular flexibility index (Phi) is 1.87. The van der Waals surface area contributed by atoms with Gasteiger partial charge in [0.25, 0.3) is 0 Å². The molecule has 0 aliphatic carbocycles. The summed E-state index contributed by atoms with van der Waals surface area (Å²) in [5, 5.41) is 17.5. The number of aliphatic hydroxyl groups excluding tert-OH is 2. The van der Waals surface area contributed by atoms with Crippen LogP contribution in [0.1, 0.15) is 0 Å². The van der Waals surface area contributed by atoms with Crippen molar-refractivity contribution in [3.05, 3.63) is 11.5 Å². The van der Waals surface area contributed by atoms with Crippen LogP contribution in [0.25, 0.3) is 0 Å². The maximum atomic E-state index is 9.02. The first kappa shape index (κ1) is 7.43. The molecule has 0 bridgehead atoms. The van der Waals surface area contributed by atoms with Crippen molar-refractivity contribution in [2.24, 2.45) is 5.73 Å². The zero-order valence-electron chi connectivity index (χ0n) is 5.32. The van der Waals surface area contributed by atoms with Crippen LogP contribution in [0.4, 0.5) is 0 Å². The van der Waals surface area contributed by atoms with E-state index >= 15 is 0 Å². The van der Waals surface area contributed by atoms with Gasteiger partial charge in [-0.15, -0.1) is 0 Å². The zero-order valence-corrected chi connectivity index (χ0v) is 5.32. The molecule has 1 unspecified atom stereocenters. The molecule has 2 radical (unpaired) electrons. The van der Waals surface area contributed by atoms with Crippen molar-refractivity contribution in [2.75, 3.05) is 6.61 Å². The van der Waals surface area contributed by atoms with Crippen molar-refractivity contribution >= 4 is 7.85 Å². The summed E-state index contributed by atoms with van der Waals surface area (Å²) in [7, 11) is 5.27. The maximum Gasteiger partial charge on any atom is 0.160 e. The normalized spacial score (nSPS) is 32.6. The van der Waals surface area contributed by atoms with Crippen LogP contribution in [0.15, 0.2) is 11.5 Å². The number of hydrogen-bond acceptors (Lipinski definition) is 4. The lowest BCUT2D eigenvalue weighted by molar-refractivity contribution is 0.156. The fourth-order valence-electron chi connectivity index (χ4n) is 0.758. The Morgan fingerprint density at radius 3 is 2.50 bits per heavy atom. The fourth-order valence-corrected chi connectivity index (χ4v) is 0.758. The first-order valence-corrected chi connectivity index (χ1v) is 2.87. The van der Waals surface area contributed by atoms with Gasteiger partial charge in [-0.3, -0.25) is 0 Å². The van der Waals surface area contributed by atoms with Crippen LogP contribution >= 0.6 is 0 Å². The van der Waals surface area contributed by atoms with Crippen LogP contribution in [0.3, 0.4) is 0 Å². The molecule has 4 N–H and O–H groups in total. The van der Waals surface area contributed by atoms with Gasteiger partial charge in [-0.25, -0.2) is 0 Å². The summed E-state index contributed by atoms with van der Waals surface area (Å²) >= 11 is 0. The molecule has 5 heteroatoms. The second-order valence-electron chi connectivity index (χ2n) is 2.07. The van der Waals surface area contributed by atoms with E-state index in [0.29, 0.717) is 0 Å². The van der Waals surface area contributed by atoms with Gasteiger partial charge in [0.15, 0.2) is 11.5 Å².